The quantitative estimate of drug-likeness (QED) is 0.517. The third-order valence-corrected chi connectivity index (χ3v) is 4.99. The number of fused-ring (bicyclic) bond motifs is 2. The number of amides is 2. The van der Waals surface area contributed by atoms with Crippen LogP contribution in [0.3, 0.4) is 0 Å². The van der Waals surface area contributed by atoms with Gasteiger partial charge in [-0.05, 0) is 24.6 Å². The summed E-state index contributed by atoms with van der Waals surface area (Å²) in [5.41, 5.74) is 9.59. The van der Waals surface area contributed by atoms with Crippen LogP contribution in [0.1, 0.15) is 21.5 Å². The van der Waals surface area contributed by atoms with Gasteiger partial charge in [0.05, 0.1) is 16.6 Å². The molecule has 1 heterocycles. The van der Waals surface area contributed by atoms with Crippen molar-refractivity contribution in [3.8, 4) is 0 Å². The number of carbonyl (C=O) groups is 2. The molecule has 0 aliphatic rings. The Labute approximate surface area is 168 Å². The Balaban J connectivity index is 1.74. The third-order valence-electron chi connectivity index (χ3n) is 4.99. The predicted octanol–water partition coefficient (Wildman–Crippen LogP) is 3.52. The van der Waals surface area contributed by atoms with E-state index in [9.17, 15) is 9.59 Å². The Morgan fingerprint density at radius 1 is 0.931 bits per heavy atom. The van der Waals surface area contributed by atoms with Crippen LogP contribution in [0.25, 0.3) is 21.8 Å². The highest BCUT2D eigenvalue weighted by atomic mass is 16.2. The van der Waals surface area contributed by atoms with Crippen molar-refractivity contribution < 1.29 is 9.59 Å². The number of rotatable bonds is 5. The molecule has 0 bridgehead atoms. The van der Waals surface area contributed by atoms with Gasteiger partial charge in [-0.1, -0.05) is 66.2 Å². The van der Waals surface area contributed by atoms with E-state index in [1.54, 1.807) is 0 Å². The molecule has 1 aromatic heterocycles. The molecule has 0 aliphatic heterocycles. The van der Waals surface area contributed by atoms with Crippen LogP contribution in [-0.4, -0.2) is 22.8 Å². The molecule has 0 saturated heterocycles. The van der Waals surface area contributed by atoms with Gasteiger partial charge >= 0.3 is 0 Å². The van der Waals surface area contributed by atoms with Gasteiger partial charge < -0.3 is 11.1 Å². The summed E-state index contributed by atoms with van der Waals surface area (Å²) in [6.45, 7) is 1.98. The number of benzene rings is 3. The van der Waals surface area contributed by atoms with E-state index in [-0.39, 0.29) is 5.91 Å². The Morgan fingerprint density at radius 2 is 1.55 bits per heavy atom. The standard InChI is InChI=1S/C24H21N3O2/c1-15-7-6-8-16(13-15)14-21(23(25)28)27-24(29)22-17-9-2-4-11-19(17)26-20-12-5-3-10-18(20)22/h2-13,21H,14H2,1H3,(H2,25,28)(H,27,29)/t21-/m0/s1. The maximum absolute atomic E-state index is 13.3. The van der Waals surface area contributed by atoms with Crippen molar-refractivity contribution in [2.24, 2.45) is 5.73 Å². The van der Waals surface area contributed by atoms with Gasteiger partial charge in [-0.15, -0.1) is 0 Å². The highest BCUT2D eigenvalue weighted by Gasteiger charge is 2.22. The molecule has 5 nitrogen and oxygen atoms in total. The van der Waals surface area contributed by atoms with E-state index in [1.807, 2.05) is 79.7 Å². The van der Waals surface area contributed by atoms with E-state index < -0.39 is 11.9 Å². The van der Waals surface area contributed by atoms with Gasteiger partial charge in [0.1, 0.15) is 6.04 Å². The van der Waals surface area contributed by atoms with Crippen LogP contribution in [0.15, 0.2) is 72.8 Å². The normalized spacial score (nSPS) is 12.0. The number of nitrogens with one attached hydrogen (secondary N) is 1. The number of hydrogen-bond acceptors (Lipinski definition) is 3. The Kier molecular flexibility index (Phi) is 4.96. The number of hydrogen-bond donors (Lipinski definition) is 2. The van der Waals surface area contributed by atoms with Crippen molar-refractivity contribution in [1.82, 2.24) is 10.3 Å². The van der Waals surface area contributed by atoms with Crippen LogP contribution in [0, 0.1) is 6.92 Å². The summed E-state index contributed by atoms with van der Waals surface area (Å²) in [6, 6.07) is 22.0. The Bertz CT molecular complexity index is 1180. The highest BCUT2D eigenvalue weighted by Crippen LogP contribution is 2.26. The molecule has 144 valence electrons. The van der Waals surface area contributed by atoms with Crippen molar-refractivity contribution in [3.05, 3.63) is 89.5 Å². The third kappa shape index (κ3) is 3.80. The van der Waals surface area contributed by atoms with Gasteiger partial charge in [0.25, 0.3) is 5.91 Å². The predicted molar refractivity (Wildman–Crippen MR) is 115 cm³/mol. The SMILES string of the molecule is Cc1cccc(C[C@H](NC(=O)c2c3ccccc3nc3ccccc23)C(N)=O)c1. The summed E-state index contributed by atoms with van der Waals surface area (Å²) in [4.78, 5) is 30.0. The first-order valence-electron chi connectivity index (χ1n) is 9.46. The Hall–Kier alpha value is -3.73. The first-order chi connectivity index (χ1) is 14.0. The zero-order valence-electron chi connectivity index (χ0n) is 16.1. The van der Waals surface area contributed by atoms with Gasteiger partial charge in [0, 0.05) is 17.2 Å². The van der Waals surface area contributed by atoms with Crippen molar-refractivity contribution in [1.29, 1.82) is 0 Å². The molecule has 0 fully saturated rings. The lowest BCUT2D eigenvalue weighted by Gasteiger charge is -2.18. The zero-order valence-corrected chi connectivity index (χ0v) is 16.1. The monoisotopic (exact) mass is 383 g/mol. The fourth-order valence-electron chi connectivity index (χ4n) is 3.61. The summed E-state index contributed by atoms with van der Waals surface area (Å²) in [5, 5.41) is 4.32. The van der Waals surface area contributed by atoms with Gasteiger partial charge in [-0.2, -0.15) is 0 Å². The van der Waals surface area contributed by atoms with Crippen molar-refractivity contribution >= 4 is 33.6 Å². The van der Waals surface area contributed by atoms with Crippen molar-refractivity contribution in [2.75, 3.05) is 0 Å². The van der Waals surface area contributed by atoms with E-state index in [4.69, 9.17) is 5.73 Å². The molecule has 4 rings (SSSR count). The summed E-state index contributed by atoms with van der Waals surface area (Å²) < 4.78 is 0. The van der Waals surface area contributed by atoms with Gasteiger partial charge in [0.15, 0.2) is 0 Å². The lowest BCUT2D eigenvalue weighted by Crippen LogP contribution is -2.46. The molecular formula is C24H21N3O2. The maximum Gasteiger partial charge on any atom is 0.253 e. The van der Waals surface area contributed by atoms with Crippen LogP contribution in [-0.2, 0) is 11.2 Å². The van der Waals surface area contributed by atoms with E-state index >= 15 is 0 Å². The summed E-state index contributed by atoms with van der Waals surface area (Å²) in [7, 11) is 0. The number of aromatic nitrogens is 1. The van der Waals surface area contributed by atoms with Crippen LogP contribution in [0.2, 0.25) is 0 Å². The molecule has 0 saturated carbocycles. The van der Waals surface area contributed by atoms with Crippen LogP contribution < -0.4 is 11.1 Å². The molecule has 5 heteroatoms. The fourth-order valence-corrected chi connectivity index (χ4v) is 3.61. The minimum atomic E-state index is -0.810. The summed E-state index contributed by atoms with van der Waals surface area (Å²) >= 11 is 0. The van der Waals surface area contributed by atoms with E-state index in [0.717, 1.165) is 32.9 Å². The smallest absolute Gasteiger partial charge is 0.253 e. The van der Waals surface area contributed by atoms with Gasteiger partial charge in [0.2, 0.25) is 5.91 Å². The van der Waals surface area contributed by atoms with Gasteiger partial charge in [-0.3, -0.25) is 9.59 Å². The topological polar surface area (TPSA) is 85.1 Å². The number of carbonyl (C=O) groups excluding carboxylic acids is 2. The van der Waals surface area contributed by atoms with E-state index in [1.165, 1.54) is 0 Å². The summed E-state index contributed by atoms with van der Waals surface area (Å²) in [5.74, 6) is -0.904. The first-order valence-corrected chi connectivity index (χ1v) is 9.46. The molecule has 3 aromatic carbocycles. The number of pyridine rings is 1. The molecule has 3 N–H and O–H groups in total. The molecule has 0 spiro atoms. The number of primary amides is 1. The minimum absolute atomic E-state index is 0.337. The second kappa shape index (κ2) is 7.72. The summed E-state index contributed by atoms with van der Waals surface area (Å²) in [6.07, 6.45) is 0.337. The first kappa shape index (κ1) is 18.6. The van der Waals surface area contributed by atoms with Crippen LogP contribution >= 0.6 is 0 Å². The second-order valence-corrected chi connectivity index (χ2v) is 7.14. The Morgan fingerprint density at radius 3 is 2.14 bits per heavy atom. The van der Waals surface area contributed by atoms with E-state index in [2.05, 4.69) is 10.3 Å². The van der Waals surface area contributed by atoms with Crippen molar-refractivity contribution in [3.63, 3.8) is 0 Å². The van der Waals surface area contributed by atoms with Crippen LogP contribution in [0.4, 0.5) is 0 Å². The van der Waals surface area contributed by atoms with Crippen LogP contribution in [0.5, 0.6) is 0 Å². The molecule has 1 atom stereocenters. The lowest BCUT2D eigenvalue weighted by atomic mass is 10.00. The lowest BCUT2D eigenvalue weighted by molar-refractivity contribution is -0.119. The fraction of sp³-hybridized carbons (Fsp3) is 0.125. The molecular weight excluding hydrogens is 362 g/mol. The number of nitrogens with zero attached hydrogens (tertiary/aromatic N) is 1. The minimum Gasteiger partial charge on any atom is -0.368 e. The number of para-hydroxylation sites is 2. The average Bonchev–Trinajstić information content (AvgIpc) is 2.71. The van der Waals surface area contributed by atoms with E-state index in [0.29, 0.717) is 12.0 Å². The molecule has 4 aromatic rings. The molecule has 0 aliphatic carbocycles. The second-order valence-electron chi connectivity index (χ2n) is 7.14. The van der Waals surface area contributed by atoms with Gasteiger partial charge in [-0.25, -0.2) is 4.98 Å². The molecule has 0 radical (unpaired) electrons. The average molecular weight is 383 g/mol. The molecule has 2 amide bonds. The maximum atomic E-state index is 13.3. The zero-order chi connectivity index (χ0) is 20.4. The largest absolute Gasteiger partial charge is 0.368 e. The van der Waals surface area contributed by atoms with Crippen molar-refractivity contribution in [2.45, 2.75) is 19.4 Å². The highest BCUT2D eigenvalue weighted by molar-refractivity contribution is 6.16. The number of aryl methyl sites for hydroxylation is 1. The number of nitrogens with two attached hydrogens (primary N) is 1. The molecule has 29 heavy (non-hydrogen) atoms. The molecule has 0 unspecified atom stereocenters.